The molecule has 2 nitrogen and oxygen atoms in total. The highest BCUT2D eigenvalue weighted by Crippen LogP contribution is 2.73. The molecule has 3 aliphatic carbocycles. The first-order valence-electron chi connectivity index (χ1n) is 10.8. The second kappa shape index (κ2) is 6.20. The Labute approximate surface area is 168 Å². The van der Waals surface area contributed by atoms with Crippen molar-refractivity contribution in [2.45, 2.75) is 40.5 Å². The van der Waals surface area contributed by atoms with Crippen molar-refractivity contribution < 1.29 is 9.53 Å². The number of carbonyl (C=O) groups excluding carboxylic acids is 1. The average molecular weight is 375 g/mol. The molecular weight excluding hydrogens is 344 g/mol. The van der Waals surface area contributed by atoms with E-state index in [1.165, 1.54) is 17.4 Å². The Kier molecular flexibility index (Phi) is 3.98. The lowest BCUT2D eigenvalue weighted by molar-refractivity contribution is -0.154. The van der Waals surface area contributed by atoms with E-state index in [0.717, 1.165) is 11.8 Å². The molecule has 0 saturated heterocycles. The first-order chi connectivity index (χ1) is 13.4. The molecule has 2 fully saturated rings. The van der Waals surface area contributed by atoms with Crippen LogP contribution in [0.25, 0.3) is 10.8 Å². The highest BCUT2D eigenvalue weighted by molar-refractivity contribution is 5.85. The maximum Gasteiger partial charge on any atom is 0.314 e. The number of ether oxygens (including phenoxy) is 1. The van der Waals surface area contributed by atoms with Crippen LogP contribution < -0.4 is 4.74 Å². The van der Waals surface area contributed by atoms with E-state index in [4.69, 9.17) is 4.74 Å². The predicted molar refractivity (Wildman–Crippen MR) is 113 cm³/mol. The molecule has 2 heteroatoms. The molecule has 0 amide bonds. The Morgan fingerprint density at radius 3 is 2.64 bits per heavy atom. The first-order valence-corrected chi connectivity index (χ1v) is 10.8. The molecule has 5 rings (SSSR count). The van der Waals surface area contributed by atoms with Crippen LogP contribution in [0.1, 0.15) is 40.5 Å². The standard InChI is InChI=1S/C26H30O2/c1-15(2)21-14-26-22(21)11-16(3)24(26)17(4)12-23(26)25(27)28-20-10-9-18-7-5-6-8-19(18)13-20/h5-11,13,15,17,21-24H,12,14H2,1-4H3. The van der Waals surface area contributed by atoms with E-state index in [1.807, 2.05) is 30.3 Å². The number of allylic oxidation sites excluding steroid dienone is 2. The summed E-state index contributed by atoms with van der Waals surface area (Å²) in [5.41, 5.74) is 1.63. The van der Waals surface area contributed by atoms with Gasteiger partial charge < -0.3 is 4.74 Å². The van der Waals surface area contributed by atoms with Gasteiger partial charge in [0.1, 0.15) is 5.75 Å². The molecule has 28 heavy (non-hydrogen) atoms. The van der Waals surface area contributed by atoms with Crippen molar-refractivity contribution >= 4 is 16.7 Å². The van der Waals surface area contributed by atoms with Crippen LogP contribution in [0, 0.1) is 40.9 Å². The van der Waals surface area contributed by atoms with Gasteiger partial charge in [-0.25, -0.2) is 0 Å². The smallest absolute Gasteiger partial charge is 0.314 e. The second-order valence-corrected chi connectivity index (χ2v) is 9.83. The molecule has 3 aliphatic rings. The van der Waals surface area contributed by atoms with Gasteiger partial charge in [0.2, 0.25) is 0 Å². The van der Waals surface area contributed by atoms with E-state index < -0.39 is 0 Å². The third kappa shape index (κ3) is 2.36. The fourth-order valence-electron chi connectivity index (χ4n) is 7.01. The number of carbonyl (C=O) groups is 1. The minimum Gasteiger partial charge on any atom is -0.426 e. The number of esters is 1. The summed E-state index contributed by atoms with van der Waals surface area (Å²) in [6, 6.07) is 14.2. The monoisotopic (exact) mass is 374 g/mol. The molecule has 2 aromatic carbocycles. The van der Waals surface area contributed by atoms with Crippen LogP contribution in [0.4, 0.5) is 0 Å². The molecule has 0 bridgehead atoms. The summed E-state index contributed by atoms with van der Waals surface area (Å²) in [5, 5.41) is 2.29. The van der Waals surface area contributed by atoms with E-state index in [-0.39, 0.29) is 17.3 Å². The van der Waals surface area contributed by atoms with Crippen molar-refractivity contribution in [2.24, 2.45) is 40.9 Å². The van der Waals surface area contributed by atoms with Gasteiger partial charge in [-0.15, -0.1) is 0 Å². The van der Waals surface area contributed by atoms with Crippen molar-refractivity contribution in [3.05, 3.63) is 54.1 Å². The highest BCUT2D eigenvalue weighted by Gasteiger charge is 2.70. The molecule has 1 spiro atoms. The number of hydrogen-bond donors (Lipinski definition) is 0. The molecule has 2 aromatic rings. The zero-order chi connectivity index (χ0) is 19.6. The largest absolute Gasteiger partial charge is 0.426 e. The van der Waals surface area contributed by atoms with Gasteiger partial charge in [-0.3, -0.25) is 4.79 Å². The summed E-state index contributed by atoms with van der Waals surface area (Å²) in [6.07, 6.45) is 4.64. The lowest BCUT2D eigenvalue weighted by Crippen LogP contribution is -2.54. The predicted octanol–water partition coefficient (Wildman–Crippen LogP) is 6.26. The van der Waals surface area contributed by atoms with E-state index in [1.54, 1.807) is 0 Å². The Balaban J connectivity index is 1.43. The molecule has 0 aliphatic heterocycles. The molecule has 0 heterocycles. The van der Waals surface area contributed by atoms with Gasteiger partial charge in [0.05, 0.1) is 5.92 Å². The summed E-state index contributed by atoms with van der Waals surface area (Å²) < 4.78 is 5.98. The Bertz CT molecular complexity index is 971. The van der Waals surface area contributed by atoms with Gasteiger partial charge in [0, 0.05) is 0 Å². The van der Waals surface area contributed by atoms with E-state index in [0.29, 0.717) is 35.3 Å². The minimum absolute atomic E-state index is 0.0139. The van der Waals surface area contributed by atoms with Crippen molar-refractivity contribution in [2.75, 3.05) is 0 Å². The molecule has 6 atom stereocenters. The lowest BCUT2D eigenvalue weighted by atomic mass is 9.47. The molecule has 0 aromatic heterocycles. The lowest BCUT2D eigenvalue weighted by Gasteiger charge is -2.56. The summed E-state index contributed by atoms with van der Waals surface area (Å²) in [6.45, 7) is 9.28. The van der Waals surface area contributed by atoms with Crippen molar-refractivity contribution in [1.82, 2.24) is 0 Å². The third-order valence-corrected chi connectivity index (χ3v) is 8.09. The molecule has 0 N–H and O–H groups in total. The Morgan fingerprint density at radius 1 is 1.14 bits per heavy atom. The normalized spacial score (nSPS) is 36.0. The highest BCUT2D eigenvalue weighted by atomic mass is 16.5. The maximum atomic E-state index is 13.4. The summed E-state index contributed by atoms with van der Waals surface area (Å²) >= 11 is 0. The Morgan fingerprint density at radius 2 is 1.89 bits per heavy atom. The van der Waals surface area contributed by atoms with Crippen LogP contribution in [0.5, 0.6) is 5.75 Å². The summed E-state index contributed by atoms with van der Waals surface area (Å²) in [7, 11) is 0. The van der Waals surface area contributed by atoms with Crippen LogP contribution in [0.3, 0.4) is 0 Å². The number of benzene rings is 2. The molecule has 146 valence electrons. The number of fused-ring (bicyclic) bond motifs is 1. The van der Waals surface area contributed by atoms with Crippen LogP contribution in [0.2, 0.25) is 0 Å². The van der Waals surface area contributed by atoms with Crippen molar-refractivity contribution in [3.63, 3.8) is 0 Å². The SMILES string of the molecule is CC1=CC2C(C(C)C)CC23C(C(=O)Oc2ccc4ccccc4c2)CC(C)C13. The van der Waals surface area contributed by atoms with Crippen LogP contribution in [0.15, 0.2) is 54.1 Å². The fraction of sp³-hybridized carbons (Fsp3) is 0.500. The van der Waals surface area contributed by atoms with Crippen molar-refractivity contribution in [3.8, 4) is 5.75 Å². The van der Waals surface area contributed by atoms with E-state index >= 15 is 0 Å². The van der Waals surface area contributed by atoms with E-state index in [9.17, 15) is 4.79 Å². The Hall–Kier alpha value is -2.09. The summed E-state index contributed by atoms with van der Waals surface area (Å²) in [4.78, 5) is 13.4. The zero-order valence-electron chi connectivity index (χ0n) is 17.3. The van der Waals surface area contributed by atoms with Crippen LogP contribution >= 0.6 is 0 Å². The van der Waals surface area contributed by atoms with E-state index in [2.05, 4.69) is 45.9 Å². The van der Waals surface area contributed by atoms with Gasteiger partial charge in [-0.2, -0.15) is 0 Å². The fourth-order valence-corrected chi connectivity index (χ4v) is 7.01. The molecule has 0 radical (unpaired) electrons. The zero-order valence-corrected chi connectivity index (χ0v) is 17.3. The van der Waals surface area contributed by atoms with Gasteiger partial charge in [-0.05, 0) is 77.7 Å². The van der Waals surface area contributed by atoms with Crippen molar-refractivity contribution in [1.29, 1.82) is 0 Å². The second-order valence-electron chi connectivity index (χ2n) is 9.83. The van der Waals surface area contributed by atoms with Crippen LogP contribution in [-0.4, -0.2) is 5.97 Å². The minimum atomic E-state index is -0.0139. The first kappa shape index (κ1) is 18.0. The van der Waals surface area contributed by atoms with Gasteiger partial charge in [-0.1, -0.05) is 62.8 Å². The summed E-state index contributed by atoms with van der Waals surface area (Å²) in [5.74, 6) is 3.73. The number of hydrogen-bond acceptors (Lipinski definition) is 2. The average Bonchev–Trinajstić information content (AvgIpc) is 3.09. The molecule has 6 unspecified atom stereocenters. The molecule has 2 saturated carbocycles. The quantitative estimate of drug-likeness (QED) is 0.360. The number of rotatable bonds is 3. The van der Waals surface area contributed by atoms with Crippen LogP contribution in [-0.2, 0) is 4.79 Å². The maximum absolute atomic E-state index is 13.4. The third-order valence-electron chi connectivity index (χ3n) is 8.09. The topological polar surface area (TPSA) is 26.3 Å². The van der Waals surface area contributed by atoms with Gasteiger partial charge in [0.15, 0.2) is 0 Å². The van der Waals surface area contributed by atoms with Gasteiger partial charge >= 0.3 is 5.97 Å². The molecular formula is C26H30O2. The van der Waals surface area contributed by atoms with Gasteiger partial charge in [0.25, 0.3) is 0 Å².